The van der Waals surface area contributed by atoms with Crippen molar-refractivity contribution in [1.29, 1.82) is 0 Å². The van der Waals surface area contributed by atoms with E-state index in [1.807, 2.05) is 13.8 Å². The molecule has 0 fully saturated rings. The van der Waals surface area contributed by atoms with Gasteiger partial charge in [0.05, 0.1) is 12.9 Å². The van der Waals surface area contributed by atoms with Crippen molar-refractivity contribution in [3.8, 4) is 0 Å². The van der Waals surface area contributed by atoms with Crippen LogP contribution in [0.4, 0.5) is 0 Å². The van der Waals surface area contributed by atoms with Gasteiger partial charge in [0.15, 0.2) is 0 Å². The number of hydrogen-bond acceptors (Lipinski definition) is 3. The molecule has 3 nitrogen and oxygen atoms in total. The van der Waals surface area contributed by atoms with Crippen LogP contribution in [0.15, 0.2) is 12.8 Å². The summed E-state index contributed by atoms with van der Waals surface area (Å²) >= 11 is 0. The molecule has 1 atom stereocenters. The molecule has 0 aliphatic heterocycles. The Bertz CT molecular complexity index is 135. The molecule has 0 rings (SSSR count). The SMILES string of the molecule is C=COCCC(C)[Si](OCC)OCC. The minimum Gasteiger partial charge on any atom is -0.502 e. The van der Waals surface area contributed by atoms with E-state index in [9.17, 15) is 0 Å². The molecule has 83 valence electrons. The zero-order valence-corrected chi connectivity index (χ0v) is 10.4. The Balaban J connectivity index is 3.74. The molecule has 1 radical (unpaired) electrons. The summed E-state index contributed by atoms with van der Waals surface area (Å²) in [5.41, 5.74) is 0.444. The van der Waals surface area contributed by atoms with Gasteiger partial charge in [-0.1, -0.05) is 13.5 Å². The van der Waals surface area contributed by atoms with E-state index in [-0.39, 0.29) is 0 Å². The summed E-state index contributed by atoms with van der Waals surface area (Å²) in [6.45, 7) is 11.8. The van der Waals surface area contributed by atoms with Crippen molar-refractivity contribution < 1.29 is 13.6 Å². The van der Waals surface area contributed by atoms with Gasteiger partial charge < -0.3 is 13.6 Å². The summed E-state index contributed by atoms with van der Waals surface area (Å²) in [4.78, 5) is 0. The summed E-state index contributed by atoms with van der Waals surface area (Å²) in [7, 11) is -1.12. The van der Waals surface area contributed by atoms with Gasteiger partial charge in [-0.15, -0.1) is 0 Å². The van der Waals surface area contributed by atoms with Gasteiger partial charge in [-0.3, -0.25) is 0 Å². The summed E-state index contributed by atoms with van der Waals surface area (Å²) < 4.78 is 16.2. The van der Waals surface area contributed by atoms with Crippen molar-refractivity contribution in [2.75, 3.05) is 19.8 Å². The Labute approximate surface area is 88.9 Å². The first kappa shape index (κ1) is 13.7. The maximum absolute atomic E-state index is 5.57. The highest BCUT2D eigenvalue weighted by molar-refractivity contribution is 6.46. The molecule has 4 heteroatoms. The predicted octanol–water partition coefficient (Wildman–Crippen LogP) is 2.49. The Morgan fingerprint density at radius 1 is 1.29 bits per heavy atom. The fourth-order valence-corrected chi connectivity index (χ4v) is 2.63. The smallest absolute Gasteiger partial charge is 0.387 e. The van der Waals surface area contributed by atoms with Gasteiger partial charge in [0.25, 0.3) is 0 Å². The molecule has 0 aromatic rings. The zero-order valence-electron chi connectivity index (χ0n) is 9.41. The van der Waals surface area contributed by atoms with Crippen LogP contribution < -0.4 is 0 Å². The Morgan fingerprint density at radius 2 is 1.86 bits per heavy atom. The monoisotopic (exact) mass is 217 g/mol. The van der Waals surface area contributed by atoms with E-state index in [0.29, 0.717) is 12.1 Å². The standard InChI is InChI=1S/C10H21O3Si/c1-5-11-9-8-10(4)14(12-6-2)13-7-3/h5,10H,1,6-9H2,2-4H3. The summed E-state index contributed by atoms with van der Waals surface area (Å²) in [6.07, 6.45) is 2.43. The van der Waals surface area contributed by atoms with Crippen LogP contribution in [0.1, 0.15) is 27.2 Å². The largest absolute Gasteiger partial charge is 0.502 e. The highest BCUT2D eigenvalue weighted by Crippen LogP contribution is 2.16. The molecule has 0 aromatic carbocycles. The summed E-state index contributed by atoms with van der Waals surface area (Å²) in [5, 5.41) is 0. The average Bonchev–Trinajstić information content (AvgIpc) is 2.18. The van der Waals surface area contributed by atoms with Crippen LogP contribution in [0, 0.1) is 0 Å². The third-order valence-corrected chi connectivity index (χ3v) is 4.00. The molecular weight excluding hydrogens is 196 g/mol. The predicted molar refractivity (Wildman–Crippen MR) is 59.2 cm³/mol. The van der Waals surface area contributed by atoms with Crippen molar-refractivity contribution in [2.24, 2.45) is 0 Å². The third-order valence-electron chi connectivity index (χ3n) is 1.76. The molecule has 0 aromatic heterocycles. The number of hydrogen-bond donors (Lipinski definition) is 0. The Morgan fingerprint density at radius 3 is 2.29 bits per heavy atom. The molecule has 1 unspecified atom stereocenters. The average molecular weight is 217 g/mol. The van der Waals surface area contributed by atoms with Gasteiger partial charge in [-0.05, 0) is 20.3 Å². The lowest BCUT2D eigenvalue weighted by Crippen LogP contribution is -2.28. The Kier molecular flexibility index (Phi) is 9.03. The van der Waals surface area contributed by atoms with Gasteiger partial charge in [0.2, 0.25) is 0 Å². The minimum absolute atomic E-state index is 0.444. The van der Waals surface area contributed by atoms with Crippen molar-refractivity contribution in [2.45, 2.75) is 32.7 Å². The van der Waals surface area contributed by atoms with Gasteiger partial charge in [0, 0.05) is 18.8 Å². The second-order valence-corrected chi connectivity index (χ2v) is 5.11. The molecule has 14 heavy (non-hydrogen) atoms. The van der Waals surface area contributed by atoms with Crippen molar-refractivity contribution in [3.05, 3.63) is 12.8 Å². The van der Waals surface area contributed by atoms with E-state index >= 15 is 0 Å². The topological polar surface area (TPSA) is 27.7 Å². The van der Waals surface area contributed by atoms with Crippen LogP contribution >= 0.6 is 0 Å². The maximum Gasteiger partial charge on any atom is 0.387 e. The molecule has 0 amide bonds. The van der Waals surface area contributed by atoms with Crippen LogP contribution in [-0.2, 0) is 13.6 Å². The van der Waals surface area contributed by atoms with Crippen LogP contribution in [0.3, 0.4) is 0 Å². The first-order valence-electron chi connectivity index (χ1n) is 5.11. The molecule has 0 heterocycles. The van der Waals surface area contributed by atoms with E-state index in [0.717, 1.165) is 19.6 Å². The number of rotatable bonds is 9. The van der Waals surface area contributed by atoms with Crippen molar-refractivity contribution in [1.82, 2.24) is 0 Å². The van der Waals surface area contributed by atoms with Gasteiger partial charge >= 0.3 is 9.28 Å². The fraction of sp³-hybridized carbons (Fsp3) is 0.800. The quantitative estimate of drug-likeness (QED) is 0.337. The second-order valence-electron chi connectivity index (χ2n) is 2.91. The maximum atomic E-state index is 5.57. The minimum atomic E-state index is -1.12. The van der Waals surface area contributed by atoms with Crippen molar-refractivity contribution >= 4 is 9.28 Å². The van der Waals surface area contributed by atoms with E-state index in [1.54, 1.807) is 0 Å². The second kappa shape index (κ2) is 9.24. The van der Waals surface area contributed by atoms with Crippen LogP contribution in [0.2, 0.25) is 5.54 Å². The van der Waals surface area contributed by atoms with Gasteiger partial charge in [-0.25, -0.2) is 0 Å². The lowest BCUT2D eigenvalue weighted by atomic mass is 10.3. The summed E-state index contributed by atoms with van der Waals surface area (Å²) in [5.74, 6) is 0. The first-order valence-corrected chi connectivity index (χ1v) is 6.50. The summed E-state index contributed by atoms with van der Waals surface area (Å²) in [6, 6.07) is 0. The van der Waals surface area contributed by atoms with Crippen LogP contribution in [0.5, 0.6) is 0 Å². The lowest BCUT2D eigenvalue weighted by molar-refractivity contribution is 0.192. The van der Waals surface area contributed by atoms with E-state index in [2.05, 4.69) is 13.5 Å². The highest BCUT2D eigenvalue weighted by atomic mass is 28.3. The van der Waals surface area contributed by atoms with E-state index in [4.69, 9.17) is 13.6 Å². The zero-order chi connectivity index (χ0) is 10.8. The van der Waals surface area contributed by atoms with Gasteiger partial charge in [-0.2, -0.15) is 0 Å². The van der Waals surface area contributed by atoms with Crippen molar-refractivity contribution in [3.63, 3.8) is 0 Å². The van der Waals surface area contributed by atoms with E-state index in [1.165, 1.54) is 6.26 Å². The lowest BCUT2D eigenvalue weighted by Gasteiger charge is -2.19. The molecule has 0 aliphatic rings. The molecule has 0 spiro atoms. The van der Waals surface area contributed by atoms with Crippen LogP contribution in [-0.4, -0.2) is 29.1 Å². The molecule has 0 N–H and O–H groups in total. The fourth-order valence-electron chi connectivity index (χ4n) is 1.06. The van der Waals surface area contributed by atoms with Crippen LogP contribution in [0.25, 0.3) is 0 Å². The highest BCUT2D eigenvalue weighted by Gasteiger charge is 2.23. The normalized spacial score (nSPS) is 12.9. The van der Waals surface area contributed by atoms with Gasteiger partial charge in [0.1, 0.15) is 0 Å². The molecule has 0 saturated carbocycles. The molecule has 0 bridgehead atoms. The molecular formula is C10H21O3Si. The number of ether oxygens (including phenoxy) is 1. The van der Waals surface area contributed by atoms with E-state index < -0.39 is 9.28 Å². The Hall–Kier alpha value is -0.323. The first-order chi connectivity index (χ1) is 6.76. The molecule has 0 aliphatic carbocycles. The third kappa shape index (κ3) is 6.18. The molecule has 0 saturated heterocycles.